The Balaban J connectivity index is 1.83. The van der Waals surface area contributed by atoms with E-state index < -0.39 is 0 Å². The van der Waals surface area contributed by atoms with Crippen molar-refractivity contribution in [1.82, 2.24) is 10.3 Å². The summed E-state index contributed by atoms with van der Waals surface area (Å²) < 4.78 is 13.7. The summed E-state index contributed by atoms with van der Waals surface area (Å²) in [5, 5.41) is 12.2. The van der Waals surface area contributed by atoms with E-state index in [2.05, 4.69) is 30.2 Å². The summed E-state index contributed by atoms with van der Waals surface area (Å²) in [6.07, 6.45) is 4.10. The number of rotatable bonds is 6. The van der Waals surface area contributed by atoms with E-state index in [1.807, 2.05) is 4.90 Å². The van der Waals surface area contributed by atoms with Crippen LogP contribution in [0.4, 0.5) is 10.2 Å². The van der Waals surface area contributed by atoms with Crippen LogP contribution in [0.15, 0.2) is 18.3 Å². The normalized spacial score (nSPS) is 18.8. The van der Waals surface area contributed by atoms with Gasteiger partial charge in [-0.1, -0.05) is 13.8 Å². The minimum atomic E-state index is -0.257. The fourth-order valence-corrected chi connectivity index (χ4v) is 2.63. The Bertz CT molecular complexity index is 509. The van der Waals surface area contributed by atoms with Crippen molar-refractivity contribution in [2.75, 3.05) is 24.5 Å². The van der Waals surface area contributed by atoms with Crippen molar-refractivity contribution in [1.29, 1.82) is 5.26 Å². The van der Waals surface area contributed by atoms with Gasteiger partial charge in [0.2, 0.25) is 0 Å². The molecule has 4 nitrogen and oxygen atoms in total. The Kier molecular flexibility index (Phi) is 5.13. The van der Waals surface area contributed by atoms with Gasteiger partial charge in [0, 0.05) is 38.3 Å². The third-order valence-electron chi connectivity index (χ3n) is 4.01. The Morgan fingerprint density at radius 3 is 3.10 bits per heavy atom. The first-order valence-electron chi connectivity index (χ1n) is 7.48. The molecule has 1 aliphatic rings. The van der Waals surface area contributed by atoms with Gasteiger partial charge in [-0.15, -0.1) is 0 Å². The first-order valence-corrected chi connectivity index (χ1v) is 7.48. The smallest absolute Gasteiger partial charge is 0.165 e. The molecule has 1 aromatic heterocycles. The van der Waals surface area contributed by atoms with Crippen LogP contribution in [0.3, 0.4) is 0 Å². The maximum atomic E-state index is 13.7. The number of pyridine rings is 1. The summed E-state index contributed by atoms with van der Waals surface area (Å²) in [6.45, 7) is 6.81. The highest BCUT2D eigenvalue weighted by atomic mass is 19.1. The molecule has 0 aromatic carbocycles. The molecule has 1 aliphatic heterocycles. The zero-order valence-electron chi connectivity index (χ0n) is 12.8. The summed E-state index contributed by atoms with van der Waals surface area (Å²) in [7, 11) is 0. The molecule has 1 atom stereocenters. The molecule has 1 saturated heterocycles. The molecular formula is C16H23FN4. The van der Waals surface area contributed by atoms with Crippen LogP contribution in [0, 0.1) is 22.6 Å². The molecule has 0 radical (unpaired) electrons. The number of nitriles is 1. The zero-order chi connectivity index (χ0) is 15.3. The predicted molar refractivity (Wildman–Crippen MR) is 81.4 cm³/mol. The maximum Gasteiger partial charge on any atom is 0.165 e. The second-order valence-electron chi connectivity index (χ2n) is 6.44. The quantitative estimate of drug-likeness (QED) is 0.875. The van der Waals surface area contributed by atoms with Crippen molar-refractivity contribution in [3.8, 4) is 6.07 Å². The topological polar surface area (TPSA) is 52.0 Å². The molecule has 1 N–H and O–H groups in total. The second-order valence-corrected chi connectivity index (χ2v) is 6.44. The predicted octanol–water partition coefficient (Wildman–Crippen LogP) is 2.72. The van der Waals surface area contributed by atoms with Gasteiger partial charge in [-0.05, 0) is 30.4 Å². The fourth-order valence-electron chi connectivity index (χ4n) is 2.63. The van der Waals surface area contributed by atoms with Crippen LogP contribution in [0.5, 0.6) is 0 Å². The van der Waals surface area contributed by atoms with Crippen LogP contribution in [0.2, 0.25) is 0 Å². The number of aromatic nitrogens is 1. The van der Waals surface area contributed by atoms with Crippen LogP contribution in [0.25, 0.3) is 0 Å². The number of anilines is 1. The van der Waals surface area contributed by atoms with Crippen LogP contribution in [-0.4, -0.2) is 30.7 Å². The van der Waals surface area contributed by atoms with Gasteiger partial charge < -0.3 is 10.2 Å². The van der Waals surface area contributed by atoms with E-state index in [0.29, 0.717) is 18.3 Å². The highest BCUT2D eigenvalue weighted by Gasteiger charge is 2.27. The van der Waals surface area contributed by atoms with Crippen LogP contribution < -0.4 is 10.2 Å². The number of nitrogens with zero attached hydrogens (tertiary/aromatic N) is 3. The highest BCUT2D eigenvalue weighted by Crippen LogP contribution is 2.23. The molecule has 0 saturated carbocycles. The molecule has 0 unspecified atom stereocenters. The minimum absolute atomic E-state index is 0.111. The number of halogens is 1. The first-order chi connectivity index (χ1) is 10.0. The van der Waals surface area contributed by atoms with E-state index in [9.17, 15) is 4.39 Å². The van der Waals surface area contributed by atoms with E-state index >= 15 is 0 Å². The first kappa shape index (κ1) is 15.7. The van der Waals surface area contributed by atoms with Gasteiger partial charge >= 0.3 is 0 Å². The fraction of sp³-hybridized carbons (Fsp3) is 0.625. The number of hydrogen-bond acceptors (Lipinski definition) is 4. The van der Waals surface area contributed by atoms with Crippen LogP contribution in [-0.2, 0) is 0 Å². The van der Waals surface area contributed by atoms with Crippen molar-refractivity contribution >= 4 is 5.82 Å². The molecule has 21 heavy (non-hydrogen) atoms. The van der Waals surface area contributed by atoms with Gasteiger partial charge in [-0.2, -0.15) is 5.26 Å². The van der Waals surface area contributed by atoms with E-state index in [1.165, 1.54) is 6.07 Å². The Hall–Kier alpha value is -1.67. The van der Waals surface area contributed by atoms with Crippen molar-refractivity contribution in [3.63, 3.8) is 0 Å². The molecule has 0 spiro atoms. The van der Waals surface area contributed by atoms with Crippen molar-refractivity contribution < 1.29 is 4.39 Å². The van der Waals surface area contributed by atoms with E-state index in [0.717, 1.165) is 32.5 Å². The molecule has 1 fully saturated rings. The molecule has 5 heteroatoms. The van der Waals surface area contributed by atoms with Crippen molar-refractivity contribution in [2.24, 2.45) is 5.41 Å². The Labute approximate surface area is 126 Å². The molecule has 0 amide bonds. The molecule has 2 rings (SSSR count). The van der Waals surface area contributed by atoms with E-state index in [4.69, 9.17) is 5.26 Å². The third kappa shape index (κ3) is 4.40. The second kappa shape index (κ2) is 6.86. The van der Waals surface area contributed by atoms with Gasteiger partial charge in [0.05, 0.1) is 6.07 Å². The standard InChI is InChI=1S/C16H23FN4/c1-16(2,7-4-8-18)12-20-13-6-10-21(11-13)15-14(17)5-3-9-19-15/h3,5,9,13,20H,4,6-7,10-12H2,1-2H3/t13-/m0/s1. The van der Waals surface area contributed by atoms with Gasteiger partial charge in [0.25, 0.3) is 0 Å². The van der Waals surface area contributed by atoms with Crippen LogP contribution in [0.1, 0.15) is 33.1 Å². The van der Waals surface area contributed by atoms with Crippen LogP contribution >= 0.6 is 0 Å². The van der Waals surface area contributed by atoms with Gasteiger partial charge in [-0.3, -0.25) is 0 Å². The Morgan fingerprint density at radius 1 is 1.57 bits per heavy atom. The molecule has 0 bridgehead atoms. The summed E-state index contributed by atoms with van der Waals surface area (Å²) in [5.74, 6) is 0.193. The lowest BCUT2D eigenvalue weighted by Crippen LogP contribution is -2.39. The molecule has 2 heterocycles. The summed E-state index contributed by atoms with van der Waals surface area (Å²) in [5.41, 5.74) is 0.111. The molecular weight excluding hydrogens is 267 g/mol. The lowest BCUT2D eigenvalue weighted by molar-refractivity contribution is 0.303. The van der Waals surface area contributed by atoms with Gasteiger partial charge in [-0.25, -0.2) is 9.37 Å². The summed E-state index contributed by atoms with van der Waals surface area (Å²) in [6, 6.07) is 5.62. The van der Waals surface area contributed by atoms with E-state index in [-0.39, 0.29) is 11.2 Å². The Morgan fingerprint density at radius 2 is 2.38 bits per heavy atom. The number of hydrogen-bond donors (Lipinski definition) is 1. The minimum Gasteiger partial charge on any atom is -0.353 e. The molecule has 1 aromatic rings. The average Bonchev–Trinajstić information content (AvgIpc) is 2.92. The third-order valence-corrected chi connectivity index (χ3v) is 4.01. The average molecular weight is 290 g/mol. The number of nitrogens with one attached hydrogen (secondary N) is 1. The van der Waals surface area contributed by atoms with Gasteiger partial charge in [0.15, 0.2) is 11.6 Å². The van der Waals surface area contributed by atoms with Gasteiger partial charge in [0.1, 0.15) is 0 Å². The summed E-state index contributed by atoms with van der Waals surface area (Å²) in [4.78, 5) is 6.13. The largest absolute Gasteiger partial charge is 0.353 e. The summed E-state index contributed by atoms with van der Waals surface area (Å²) >= 11 is 0. The molecule has 114 valence electrons. The maximum absolute atomic E-state index is 13.7. The zero-order valence-corrected chi connectivity index (χ0v) is 12.8. The molecule has 0 aliphatic carbocycles. The van der Waals surface area contributed by atoms with Crippen molar-refractivity contribution in [3.05, 3.63) is 24.1 Å². The SMILES string of the molecule is CC(C)(CCC#N)CN[C@H]1CCN(c2ncccc2F)C1. The monoisotopic (exact) mass is 290 g/mol. The lowest BCUT2D eigenvalue weighted by atomic mass is 9.88. The van der Waals surface area contributed by atoms with E-state index in [1.54, 1.807) is 12.3 Å². The lowest BCUT2D eigenvalue weighted by Gasteiger charge is -2.26. The highest BCUT2D eigenvalue weighted by molar-refractivity contribution is 5.41. The van der Waals surface area contributed by atoms with Crippen molar-refractivity contribution in [2.45, 2.75) is 39.2 Å².